The van der Waals surface area contributed by atoms with Crippen molar-refractivity contribution in [3.05, 3.63) is 23.0 Å². The van der Waals surface area contributed by atoms with Crippen molar-refractivity contribution in [2.45, 2.75) is 51.9 Å². The summed E-state index contributed by atoms with van der Waals surface area (Å²) in [6.45, 7) is 3.39. The lowest BCUT2D eigenvalue weighted by Crippen LogP contribution is -2.15. The van der Waals surface area contributed by atoms with Crippen LogP contribution in [0.3, 0.4) is 0 Å². The summed E-state index contributed by atoms with van der Waals surface area (Å²) in [6, 6.07) is 0. The van der Waals surface area contributed by atoms with Gasteiger partial charge in [0.15, 0.2) is 0 Å². The Bertz CT molecular complexity index is 687. The molecule has 1 aliphatic rings. The number of carbonyl (C=O) groups excluding carboxylic acids is 1. The molecule has 4 N–H and O–H groups in total. The maximum atomic E-state index is 12.1. The third-order valence-electron chi connectivity index (χ3n) is 3.94. The van der Waals surface area contributed by atoms with Gasteiger partial charge in [-0.15, -0.1) is 5.10 Å². The lowest BCUT2D eigenvalue weighted by Gasteiger charge is -2.18. The number of hydrogen-bond donors (Lipinski definition) is 4. The molecule has 0 saturated heterocycles. The van der Waals surface area contributed by atoms with Gasteiger partial charge < -0.3 is 10.1 Å². The van der Waals surface area contributed by atoms with E-state index in [2.05, 4.69) is 30.5 Å². The van der Waals surface area contributed by atoms with E-state index < -0.39 is 0 Å². The molecule has 0 bridgehead atoms. The number of nitrogens with zero attached hydrogens (tertiary/aromatic N) is 3. The summed E-state index contributed by atoms with van der Waals surface area (Å²) in [5.41, 5.74) is 1.13. The van der Waals surface area contributed by atoms with Crippen LogP contribution in [0.15, 0.2) is 0 Å². The monoisotopic (exact) mass is 334 g/mol. The first-order valence-corrected chi connectivity index (χ1v) is 7.89. The first kappa shape index (κ1) is 17.6. The van der Waals surface area contributed by atoms with Crippen molar-refractivity contribution in [2.24, 2.45) is 0 Å². The van der Waals surface area contributed by atoms with Crippen LogP contribution in [0.1, 0.15) is 65.9 Å². The third kappa shape index (κ3) is 4.40. The normalized spacial score (nSPS) is 14.6. The summed E-state index contributed by atoms with van der Waals surface area (Å²) in [4.78, 5) is 32.1. The number of aryl methyl sites for hydroxylation is 2. The summed E-state index contributed by atoms with van der Waals surface area (Å²) < 4.78 is 0. The molecule has 2 heterocycles. The number of rotatable bonds is 3. The maximum absolute atomic E-state index is 12.1. The van der Waals surface area contributed by atoms with Crippen molar-refractivity contribution in [1.82, 2.24) is 25.1 Å². The second kappa shape index (κ2) is 8.23. The Morgan fingerprint density at radius 2 is 1.92 bits per heavy atom. The number of carboxylic acid groups (broad SMARTS) is 1. The highest BCUT2D eigenvalue weighted by atomic mass is 16.3. The van der Waals surface area contributed by atoms with E-state index in [1.807, 2.05) is 13.8 Å². The van der Waals surface area contributed by atoms with Gasteiger partial charge in [-0.1, -0.05) is 19.3 Å². The lowest BCUT2D eigenvalue weighted by molar-refractivity contribution is -0.122. The van der Waals surface area contributed by atoms with Gasteiger partial charge in [0.2, 0.25) is 5.95 Å². The highest BCUT2D eigenvalue weighted by molar-refractivity contribution is 6.02. The number of hydrogen-bond acceptors (Lipinski definition) is 5. The van der Waals surface area contributed by atoms with E-state index in [9.17, 15) is 4.79 Å². The molecule has 130 valence electrons. The summed E-state index contributed by atoms with van der Waals surface area (Å²) >= 11 is 0. The molecule has 0 spiro atoms. The van der Waals surface area contributed by atoms with Crippen molar-refractivity contribution in [3.8, 4) is 0 Å². The van der Waals surface area contributed by atoms with Crippen molar-refractivity contribution < 1.29 is 14.7 Å². The van der Waals surface area contributed by atoms with Crippen molar-refractivity contribution in [3.63, 3.8) is 0 Å². The minimum atomic E-state index is -0.286. The molecule has 1 aliphatic carbocycles. The molecule has 0 aliphatic heterocycles. The van der Waals surface area contributed by atoms with E-state index in [-0.39, 0.29) is 12.4 Å². The molecule has 9 nitrogen and oxygen atoms in total. The smallest absolute Gasteiger partial charge is 0.290 e. The van der Waals surface area contributed by atoms with E-state index >= 15 is 0 Å². The largest absolute Gasteiger partial charge is 0.483 e. The minimum absolute atomic E-state index is 0.250. The molecule has 1 amide bonds. The van der Waals surface area contributed by atoms with Gasteiger partial charge in [0.05, 0.1) is 0 Å². The van der Waals surface area contributed by atoms with Crippen LogP contribution in [-0.2, 0) is 4.79 Å². The Kier molecular flexibility index (Phi) is 6.05. The fourth-order valence-corrected chi connectivity index (χ4v) is 2.88. The van der Waals surface area contributed by atoms with Crippen LogP contribution in [0.25, 0.3) is 0 Å². The van der Waals surface area contributed by atoms with Crippen LogP contribution < -0.4 is 5.32 Å². The van der Waals surface area contributed by atoms with Gasteiger partial charge in [0.1, 0.15) is 17.3 Å². The van der Waals surface area contributed by atoms with Gasteiger partial charge in [0.25, 0.3) is 12.4 Å². The first-order chi connectivity index (χ1) is 11.5. The molecular weight excluding hydrogens is 312 g/mol. The highest BCUT2D eigenvalue weighted by Gasteiger charge is 2.20. The van der Waals surface area contributed by atoms with Crippen LogP contribution in [0.2, 0.25) is 0 Å². The van der Waals surface area contributed by atoms with Gasteiger partial charge >= 0.3 is 0 Å². The zero-order chi connectivity index (χ0) is 17.5. The SMILES string of the molecule is Cc1nc(C(=O)Nc2n[nH]c(C3CCCCC3)n2)c(C)[nH]1.O=CO. The van der Waals surface area contributed by atoms with E-state index in [1.54, 1.807) is 0 Å². The topological polar surface area (TPSA) is 137 Å². The van der Waals surface area contributed by atoms with Crippen LogP contribution in [-0.4, -0.2) is 42.6 Å². The van der Waals surface area contributed by atoms with Gasteiger partial charge in [-0.25, -0.2) is 4.98 Å². The molecular formula is C15H22N6O3. The molecule has 9 heteroatoms. The Labute approximate surface area is 139 Å². The Morgan fingerprint density at radius 3 is 2.50 bits per heavy atom. The summed E-state index contributed by atoms with van der Waals surface area (Å²) in [5, 5.41) is 16.6. The zero-order valence-electron chi connectivity index (χ0n) is 13.8. The van der Waals surface area contributed by atoms with Crippen molar-refractivity contribution in [2.75, 3.05) is 5.32 Å². The Morgan fingerprint density at radius 1 is 1.25 bits per heavy atom. The highest BCUT2D eigenvalue weighted by Crippen LogP contribution is 2.30. The number of aromatic amines is 2. The van der Waals surface area contributed by atoms with Gasteiger partial charge in [-0.05, 0) is 26.7 Å². The van der Waals surface area contributed by atoms with Crippen LogP contribution in [0, 0.1) is 13.8 Å². The molecule has 0 radical (unpaired) electrons. The number of amides is 1. The van der Waals surface area contributed by atoms with Crippen LogP contribution in [0.4, 0.5) is 5.95 Å². The Hall–Kier alpha value is -2.71. The second-order valence-corrected chi connectivity index (χ2v) is 5.73. The zero-order valence-corrected chi connectivity index (χ0v) is 13.8. The maximum Gasteiger partial charge on any atom is 0.290 e. The Balaban J connectivity index is 0.000000647. The standard InChI is InChI=1S/C14H20N6O.CH2O2/c1-8-11(16-9(2)15-8)13(21)18-14-17-12(19-20-14)10-6-4-3-5-7-10;2-1-3/h10H,3-7H2,1-2H3,(H,15,16)(H2,17,18,19,20,21);1H,(H,2,3). The fourth-order valence-electron chi connectivity index (χ4n) is 2.88. The summed E-state index contributed by atoms with van der Waals surface area (Å²) in [7, 11) is 0. The first-order valence-electron chi connectivity index (χ1n) is 7.89. The number of carbonyl (C=O) groups is 2. The van der Waals surface area contributed by atoms with E-state index in [1.165, 1.54) is 19.3 Å². The molecule has 0 unspecified atom stereocenters. The molecule has 2 aromatic heterocycles. The summed E-state index contributed by atoms with van der Waals surface area (Å²) in [6.07, 6.45) is 6.05. The third-order valence-corrected chi connectivity index (χ3v) is 3.94. The molecule has 0 aromatic carbocycles. The quantitative estimate of drug-likeness (QED) is 0.635. The second-order valence-electron chi connectivity index (χ2n) is 5.73. The molecule has 0 atom stereocenters. The van der Waals surface area contributed by atoms with Crippen LogP contribution in [0.5, 0.6) is 0 Å². The molecule has 1 saturated carbocycles. The number of H-pyrrole nitrogens is 2. The average molecular weight is 334 g/mol. The number of imidazole rings is 1. The van der Waals surface area contributed by atoms with Gasteiger partial charge in [-0.2, -0.15) is 4.98 Å². The van der Waals surface area contributed by atoms with Crippen molar-refractivity contribution >= 4 is 18.3 Å². The predicted molar refractivity (Wildman–Crippen MR) is 86.9 cm³/mol. The van der Waals surface area contributed by atoms with E-state index in [4.69, 9.17) is 9.90 Å². The number of aromatic nitrogens is 5. The number of anilines is 1. The fraction of sp³-hybridized carbons (Fsp3) is 0.533. The van der Waals surface area contributed by atoms with E-state index in [0.29, 0.717) is 17.6 Å². The lowest BCUT2D eigenvalue weighted by atomic mass is 9.89. The summed E-state index contributed by atoms with van der Waals surface area (Å²) in [5.74, 6) is 2.06. The predicted octanol–water partition coefficient (Wildman–Crippen LogP) is 2.15. The molecule has 1 fully saturated rings. The van der Waals surface area contributed by atoms with Crippen LogP contribution >= 0.6 is 0 Å². The van der Waals surface area contributed by atoms with Gasteiger partial charge in [-0.3, -0.25) is 20.0 Å². The average Bonchev–Trinajstić information content (AvgIpc) is 3.15. The van der Waals surface area contributed by atoms with Gasteiger partial charge in [0, 0.05) is 11.6 Å². The van der Waals surface area contributed by atoms with Crippen molar-refractivity contribution in [1.29, 1.82) is 0 Å². The minimum Gasteiger partial charge on any atom is -0.483 e. The number of nitrogens with one attached hydrogen (secondary N) is 3. The molecule has 24 heavy (non-hydrogen) atoms. The molecule has 3 rings (SSSR count). The van der Waals surface area contributed by atoms with E-state index in [0.717, 1.165) is 30.2 Å². The molecule has 2 aromatic rings.